The molecule has 0 aliphatic rings. The summed E-state index contributed by atoms with van der Waals surface area (Å²) in [5.41, 5.74) is 1.17. The topological polar surface area (TPSA) is 77.8 Å². The number of unbranched alkanes of at least 4 members (excludes halogenated alkanes) is 15. The van der Waals surface area contributed by atoms with Crippen molar-refractivity contribution < 1.29 is 20.1 Å². The van der Waals surface area contributed by atoms with Gasteiger partial charge in [0.15, 0.2) is 0 Å². The van der Waals surface area contributed by atoms with Crippen LogP contribution in [0.2, 0.25) is 0 Å². The molecular formula is C35H62O4. The Balaban J connectivity index is 2.54. The molecule has 0 amide bonds. The van der Waals surface area contributed by atoms with Gasteiger partial charge in [-0.25, -0.2) is 0 Å². The molecule has 1 aromatic carbocycles. The van der Waals surface area contributed by atoms with E-state index in [9.17, 15) is 20.1 Å². The Kier molecular flexibility index (Phi) is 16.2. The first-order valence-corrected chi connectivity index (χ1v) is 16.1. The Morgan fingerprint density at radius 3 is 1.44 bits per heavy atom. The van der Waals surface area contributed by atoms with E-state index in [1.165, 1.54) is 89.9 Å². The van der Waals surface area contributed by atoms with E-state index in [1.54, 1.807) is 0 Å². The molecule has 0 radical (unpaired) electrons. The van der Waals surface area contributed by atoms with Crippen LogP contribution in [0.1, 0.15) is 187 Å². The standard InChI is InChI=1S/C35H62O4/c1-8-9-10-11-12-13-14-15-16-17-18-19-20-21-22-23-24-27(25-30(36)37)28-26-29(34(2,3)4)33(39)31(32(28)38)35(5,6)7/h26-27,38-39H,8-25H2,1-7H3,(H,36,37). The number of hydrogen-bond donors (Lipinski definition) is 3. The van der Waals surface area contributed by atoms with Gasteiger partial charge >= 0.3 is 5.97 Å². The smallest absolute Gasteiger partial charge is 0.303 e. The summed E-state index contributed by atoms with van der Waals surface area (Å²) in [5, 5.41) is 32.0. The predicted octanol–water partition coefficient (Wildman–Crippen LogP) is 10.9. The second kappa shape index (κ2) is 17.9. The van der Waals surface area contributed by atoms with Crippen molar-refractivity contribution in [2.75, 3.05) is 0 Å². The third-order valence-corrected chi connectivity index (χ3v) is 8.13. The van der Waals surface area contributed by atoms with E-state index in [2.05, 4.69) is 6.92 Å². The first kappa shape index (κ1) is 35.3. The highest BCUT2D eigenvalue weighted by molar-refractivity contribution is 5.69. The Hall–Kier alpha value is -1.71. The average molecular weight is 547 g/mol. The molecule has 0 aliphatic carbocycles. The maximum Gasteiger partial charge on any atom is 0.303 e. The van der Waals surface area contributed by atoms with Gasteiger partial charge in [-0.15, -0.1) is 0 Å². The summed E-state index contributed by atoms with van der Waals surface area (Å²) < 4.78 is 0. The minimum absolute atomic E-state index is 0.00968. The van der Waals surface area contributed by atoms with Gasteiger partial charge in [-0.05, 0) is 34.8 Å². The zero-order chi connectivity index (χ0) is 29.5. The van der Waals surface area contributed by atoms with Gasteiger partial charge in [0, 0.05) is 11.1 Å². The summed E-state index contributed by atoms with van der Waals surface area (Å²) in [6.07, 6.45) is 21.7. The van der Waals surface area contributed by atoms with E-state index in [0.717, 1.165) is 24.8 Å². The van der Waals surface area contributed by atoms with Crippen molar-refractivity contribution in [3.8, 4) is 11.5 Å². The second-order valence-electron chi connectivity index (χ2n) is 14.0. The minimum atomic E-state index is -0.849. The van der Waals surface area contributed by atoms with E-state index in [-0.39, 0.29) is 29.3 Å². The molecule has 3 N–H and O–H groups in total. The lowest BCUT2D eigenvalue weighted by atomic mass is 9.75. The Bertz CT molecular complexity index is 829. The maximum absolute atomic E-state index is 11.8. The van der Waals surface area contributed by atoms with Crippen LogP contribution in [0, 0.1) is 0 Å². The van der Waals surface area contributed by atoms with Crippen molar-refractivity contribution in [2.24, 2.45) is 0 Å². The van der Waals surface area contributed by atoms with E-state index in [0.29, 0.717) is 11.1 Å². The summed E-state index contributed by atoms with van der Waals surface area (Å²) >= 11 is 0. The van der Waals surface area contributed by atoms with E-state index < -0.39 is 11.4 Å². The quantitative estimate of drug-likeness (QED) is 0.142. The van der Waals surface area contributed by atoms with Crippen molar-refractivity contribution in [1.82, 2.24) is 0 Å². The fourth-order valence-corrected chi connectivity index (χ4v) is 5.79. The number of aromatic hydroxyl groups is 2. The highest BCUT2D eigenvalue weighted by Gasteiger charge is 2.33. The predicted molar refractivity (Wildman–Crippen MR) is 166 cm³/mol. The van der Waals surface area contributed by atoms with Gasteiger partial charge in [-0.2, -0.15) is 0 Å². The molecule has 39 heavy (non-hydrogen) atoms. The number of aliphatic carboxylic acids is 1. The molecule has 1 atom stereocenters. The Morgan fingerprint density at radius 2 is 1.08 bits per heavy atom. The van der Waals surface area contributed by atoms with Gasteiger partial charge in [-0.3, -0.25) is 4.79 Å². The van der Waals surface area contributed by atoms with Crippen LogP contribution in [0.15, 0.2) is 6.07 Å². The molecule has 0 aromatic heterocycles. The molecule has 1 rings (SSSR count). The molecule has 0 fully saturated rings. The van der Waals surface area contributed by atoms with Crippen LogP contribution in [0.3, 0.4) is 0 Å². The van der Waals surface area contributed by atoms with Crippen LogP contribution in [0.25, 0.3) is 0 Å². The largest absolute Gasteiger partial charge is 0.507 e. The first-order chi connectivity index (χ1) is 18.3. The number of carboxylic acids is 1. The Morgan fingerprint density at radius 1 is 0.667 bits per heavy atom. The van der Waals surface area contributed by atoms with E-state index in [4.69, 9.17) is 0 Å². The average Bonchev–Trinajstić information content (AvgIpc) is 2.81. The van der Waals surface area contributed by atoms with Crippen LogP contribution in [-0.2, 0) is 15.6 Å². The molecule has 0 saturated carbocycles. The SMILES string of the molecule is CCCCCCCCCCCCCCCCCCC(CC(=O)O)c1cc(C(C)(C)C)c(O)c(C(C)(C)C)c1O. The van der Waals surface area contributed by atoms with Crippen LogP contribution in [0.5, 0.6) is 11.5 Å². The lowest BCUT2D eigenvalue weighted by Crippen LogP contribution is -2.19. The molecule has 4 heteroatoms. The van der Waals surface area contributed by atoms with Crippen molar-refractivity contribution >= 4 is 5.97 Å². The number of phenols is 2. The summed E-state index contributed by atoms with van der Waals surface area (Å²) in [4.78, 5) is 11.8. The van der Waals surface area contributed by atoms with E-state index in [1.807, 2.05) is 47.6 Å². The zero-order valence-corrected chi connectivity index (χ0v) is 26.6. The normalized spacial score (nSPS) is 13.1. The fraction of sp³-hybridized carbons (Fsp3) is 0.800. The summed E-state index contributed by atoms with van der Waals surface area (Å²) in [7, 11) is 0. The maximum atomic E-state index is 11.8. The van der Waals surface area contributed by atoms with Gasteiger partial charge < -0.3 is 15.3 Å². The molecule has 0 spiro atoms. The number of benzene rings is 1. The third kappa shape index (κ3) is 13.5. The second-order valence-corrected chi connectivity index (χ2v) is 14.0. The first-order valence-electron chi connectivity index (χ1n) is 16.1. The zero-order valence-electron chi connectivity index (χ0n) is 26.6. The van der Waals surface area contributed by atoms with Crippen LogP contribution < -0.4 is 0 Å². The number of carbonyl (C=O) groups is 1. The van der Waals surface area contributed by atoms with Crippen LogP contribution in [0.4, 0.5) is 0 Å². The molecular weight excluding hydrogens is 484 g/mol. The molecule has 0 aliphatic heterocycles. The highest BCUT2D eigenvalue weighted by Crippen LogP contribution is 2.48. The molecule has 1 unspecified atom stereocenters. The number of carboxylic acid groups (broad SMARTS) is 1. The fourth-order valence-electron chi connectivity index (χ4n) is 5.79. The molecule has 4 nitrogen and oxygen atoms in total. The molecule has 0 heterocycles. The lowest BCUT2D eigenvalue weighted by molar-refractivity contribution is -0.137. The summed E-state index contributed by atoms with van der Waals surface area (Å²) in [6, 6.07) is 1.86. The Labute approximate surface area is 241 Å². The number of hydrogen-bond acceptors (Lipinski definition) is 3. The number of phenolic OH excluding ortho intramolecular Hbond substituents is 2. The van der Waals surface area contributed by atoms with E-state index >= 15 is 0 Å². The highest BCUT2D eigenvalue weighted by atomic mass is 16.4. The third-order valence-electron chi connectivity index (χ3n) is 8.13. The van der Waals surface area contributed by atoms with Crippen LogP contribution in [-0.4, -0.2) is 21.3 Å². The lowest BCUT2D eigenvalue weighted by Gasteiger charge is -2.31. The van der Waals surface area contributed by atoms with Crippen molar-refractivity contribution in [3.05, 3.63) is 22.8 Å². The van der Waals surface area contributed by atoms with Gasteiger partial charge in [0.1, 0.15) is 11.5 Å². The van der Waals surface area contributed by atoms with Gasteiger partial charge in [0.05, 0.1) is 6.42 Å². The molecule has 0 saturated heterocycles. The molecule has 1 aromatic rings. The molecule has 226 valence electrons. The molecule has 0 bridgehead atoms. The van der Waals surface area contributed by atoms with Crippen molar-refractivity contribution in [1.29, 1.82) is 0 Å². The summed E-state index contributed by atoms with van der Waals surface area (Å²) in [5.74, 6) is -0.918. The minimum Gasteiger partial charge on any atom is -0.507 e. The van der Waals surface area contributed by atoms with Gasteiger partial charge in [-0.1, -0.05) is 151 Å². The number of rotatable bonds is 20. The summed E-state index contributed by atoms with van der Waals surface area (Å²) in [6.45, 7) is 14.3. The van der Waals surface area contributed by atoms with Gasteiger partial charge in [0.25, 0.3) is 0 Å². The van der Waals surface area contributed by atoms with Gasteiger partial charge in [0.2, 0.25) is 0 Å². The monoisotopic (exact) mass is 546 g/mol. The van der Waals surface area contributed by atoms with Crippen LogP contribution >= 0.6 is 0 Å². The van der Waals surface area contributed by atoms with Crippen molar-refractivity contribution in [3.63, 3.8) is 0 Å². The van der Waals surface area contributed by atoms with Crippen molar-refractivity contribution in [2.45, 2.75) is 181 Å².